The molecule has 2 atom stereocenters. The Morgan fingerprint density at radius 2 is 1.60 bits per heavy atom. The summed E-state index contributed by atoms with van der Waals surface area (Å²) in [7, 11) is -2.50. The molecule has 3 N–H and O–H groups in total. The maximum absolute atomic E-state index is 14.6. The van der Waals surface area contributed by atoms with Crippen LogP contribution in [0.4, 0.5) is 0 Å². The fourth-order valence-corrected chi connectivity index (χ4v) is 7.96. The highest BCUT2D eigenvalue weighted by Crippen LogP contribution is 2.39. The Labute approximate surface area is 267 Å². The second-order valence-electron chi connectivity index (χ2n) is 12.7. The number of methoxy groups -OCH3 is 1. The highest BCUT2D eigenvalue weighted by molar-refractivity contribution is 7.89. The molecule has 0 aliphatic carbocycles. The summed E-state index contributed by atoms with van der Waals surface area (Å²) in [5.41, 5.74) is 2.26. The molecule has 11 heteroatoms. The van der Waals surface area contributed by atoms with Crippen LogP contribution in [0.1, 0.15) is 46.6 Å². The van der Waals surface area contributed by atoms with Crippen molar-refractivity contribution in [1.29, 1.82) is 0 Å². The van der Waals surface area contributed by atoms with E-state index in [1.807, 2.05) is 95.3 Å². The van der Waals surface area contributed by atoms with Crippen LogP contribution in [0, 0.1) is 17.3 Å². The van der Waals surface area contributed by atoms with Gasteiger partial charge in [0, 0.05) is 32.7 Å². The Morgan fingerprint density at radius 3 is 2.24 bits per heavy atom. The van der Waals surface area contributed by atoms with Crippen LogP contribution < -0.4 is 10.7 Å². The molecule has 3 aromatic rings. The minimum Gasteiger partial charge on any atom is -0.383 e. The summed E-state index contributed by atoms with van der Waals surface area (Å²) in [6.45, 7) is 10.5. The van der Waals surface area contributed by atoms with Crippen LogP contribution in [0.3, 0.4) is 0 Å². The minimum absolute atomic E-state index is 0.0163. The normalized spacial score (nSPS) is 13.6. The molecule has 0 radical (unpaired) electrons. The lowest BCUT2D eigenvalue weighted by Crippen LogP contribution is -2.55. The number of fused-ring (bicyclic) bond motifs is 1. The standard InChI is InChI=1S/C34H48N4O6S/c1-25(2)24-37(45(42,43)30-17-16-28-14-10-11-15-29(28)21-30)33(26(3)20-27-12-8-7-9-13-27)34(4,5)22-32(40)38(41)36-31(39)23-35-18-19-44-6/h7-17,21,25-26,33,35,41H,18-20,22-24H2,1-6H3,(H,36,39)/t26-,33?/m1/s1. The number of hydrogen-bond donors (Lipinski definition) is 3. The molecule has 0 aliphatic rings. The van der Waals surface area contributed by atoms with Gasteiger partial charge in [0.1, 0.15) is 0 Å². The van der Waals surface area contributed by atoms with Crippen LogP contribution in [0.2, 0.25) is 0 Å². The Kier molecular flexibility index (Phi) is 13.1. The summed E-state index contributed by atoms with van der Waals surface area (Å²) < 4.78 is 35.6. The summed E-state index contributed by atoms with van der Waals surface area (Å²) in [5, 5.41) is 15.3. The van der Waals surface area contributed by atoms with Crippen LogP contribution in [0.5, 0.6) is 0 Å². The van der Waals surface area contributed by atoms with Crippen molar-refractivity contribution in [2.24, 2.45) is 17.3 Å². The number of hydrazine groups is 1. The van der Waals surface area contributed by atoms with Gasteiger partial charge in [-0.1, -0.05) is 95.3 Å². The van der Waals surface area contributed by atoms with Gasteiger partial charge >= 0.3 is 0 Å². The van der Waals surface area contributed by atoms with E-state index in [1.165, 1.54) is 0 Å². The number of carbonyl (C=O) groups is 2. The van der Waals surface area contributed by atoms with Gasteiger partial charge < -0.3 is 10.1 Å². The molecule has 3 rings (SSSR count). The molecule has 0 aliphatic heterocycles. The Bertz CT molecular complexity index is 1510. The largest absolute Gasteiger partial charge is 0.383 e. The van der Waals surface area contributed by atoms with Gasteiger partial charge in [-0.05, 0) is 52.1 Å². The van der Waals surface area contributed by atoms with E-state index in [2.05, 4.69) is 10.7 Å². The van der Waals surface area contributed by atoms with Crippen molar-refractivity contribution < 1.29 is 28.0 Å². The van der Waals surface area contributed by atoms with Crippen molar-refractivity contribution in [3.05, 3.63) is 78.4 Å². The van der Waals surface area contributed by atoms with Gasteiger partial charge in [0.05, 0.1) is 18.0 Å². The van der Waals surface area contributed by atoms with E-state index in [0.29, 0.717) is 19.6 Å². The van der Waals surface area contributed by atoms with Crippen LogP contribution in [0.25, 0.3) is 10.8 Å². The lowest BCUT2D eigenvalue weighted by Gasteiger charge is -2.45. The Morgan fingerprint density at radius 1 is 0.956 bits per heavy atom. The molecule has 10 nitrogen and oxygen atoms in total. The molecule has 0 heterocycles. The highest BCUT2D eigenvalue weighted by Gasteiger charge is 2.45. The highest BCUT2D eigenvalue weighted by atomic mass is 32.2. The topological polar surface area (TPSA) is 128 Å². The van der Waals surface area contributed by atoms with Gasteiger partial charge in [-0.3, -0.25) is 14.8 Å². The molecule has 246 valence electrons. The number of benzene rings is 3. The predicted molar refractivity (Wildman–Crippen MR) is 176 cm³/mol. The average molecular weight is 641 g/mol. The molecule has 0 fully saturated rings. The Hall–Kier alpha value is -3.35. The first kappa shape index (κ1) is 36.1. The minimum atomic E-state index is -4.04. The van der Waals surface area contributed by atoms with E-state index in [0.717, 1.165) is 16.3 Å². The molecular formula is C34H48N4O6S. The fraction of sp³-hybridized carbons (Fsp3) is 0.471. The van der Waals surface area contributed by atoms with Crippen LogP contribution >= 0.6 is 0 Å². The zero-order valence-corrected chi connectivity index (χ0v) is 28.0. The maximum atomic E-state index is 14.6. The predicted octanol–water partition coefficient (Wildman–Crippen LogP) is 4.64. The van der Waals surface area contributed by atoms with Crippen molar-refractivity contribution in [3.8, 4) is 0 Å². The number of amides is 2. The second-order valence-corrected chi connectivity index (χ2v) is 14.6. The van der Waals surface area contributed by atoms with Crippen molar-refractivity contribution in [2.75, 3.05) is 33.4 Å². The number of carbonyl (C=O) groups excluding carboxylic acids is 2. The summed E-state index contributed by atoms with van der Waals surface area (Å²) in [4.78, 5) is 25.8. The monoisotopic (exact) mass is 640 g/mol. The molecule has 2 amide bonds. The fourth-order valence-electron chi connectivity index (χ4n) is 5.89. The lowest BCUT2D eigenvalue weighted by molar-refractivity contribution is -0.186. The SMILES string of the molecule is COCCNCC(=O)NN(O)C(=O)CC(C)(C)C([C@H](C)Cc1ccccc1)N(CC(C)C)S(=O)(=O)c1ccc2ccccc2c1. The number of nitrogens with one attached hydrogen (secondary N) is 2. The molecule has 1 unspecified atom stereocenters. The zero-order valence-electron chi connectivity index (χ0n) is 27.2. The maximum Gasteiger partial charge on any atom is 0.267 e. The third kappa shape index (κ3) is 10.1. The third-order valence-corrected chi connectivity index (χ3v) is 9.61. The van der Waals surface area contributed by atoms with Gasteiger partial charge in [0.2, 0.25) is 10.0 Å². The number of hydroxylamine groups is 1. The molecule has 0 saturated heterocycles. The van der Waals surface area contributed by atoms with E-state index >= 15 is 0 Å². The van der Waals surface area contributed by atoms with Crippen LogP contribution in [-0.4, -0.2) is 74.3 Å². The van der Waals surface area contributed by atoms with Gasteiger partial charge in [-0.25, -0.2) is 13.8 Å². The first-order chi connectivity index (χ1) is 21.3. The van der Waals surface area contributed by atoms with E-state index < -0.39 is 33.3 Å². The van der Waals surface area contributed by atoms with Crippen LogP contribution in [-0.2, 0) is 30.8 Å². The smallest absolute Gasteiger partial charge is 0.267 e. The average Bonchev–Trinajstić information content (AvgIpc) is 2.98. The van der Waals surface area contributed by atoms with E-state index in [9.17, 15) is 23.2 Å². The summed E-state index contributed by atoms with van der Waals surface area (Å²) in [6, 6.07) is 21.9. The number of hydrogen-bond acceptors (Lipinski definition) is 7. The van der Waals surface area contributed by atoms with Crippen molar-refractivity contribution in [1.82, 2.24) is 20.2 Å². The molecule has 45 heavy (non-hydrogen) atoms. The number of rotatable bonds is 16. The quantitative estimate of drug-likeness (QED) is 0.118. The lowest BCUT2D eigenvalue weighted by atomic mass is 9.73. The summed E-state index contributed by atoms with van der Waals surface area (Å²) in [6.07, 6.45) is 0.337. The van der Waals surface area contributed by atoms with Crippen molar-refractivity contribution >= 4 is 32.6 Å². The van der Waals surface area contributed by atoms with Gasteiger partial charge in [0.15, 0.2) is 0 Å². The first-order valence-electron chi connectivity index (χ1n) is 15.3. The molecule has 0 spiro atoms. The number of sulfonamides is 1. The first-order valence-corrected chi connectivity index (χ1v) is 16.8. The Balaban J connectivity index is 1.98. The van der Waals surface area contributed by atoms with Gasteiger partial charge in [-0.2, -0.15) is 4.31 Å². The number of nitrogens with zero attached hydrogens (tertiary/aromatic N) is 2. The van der Waals surface area contributed by atoms with E-state index in [-0.39, 0.29) is 41.4 Å². The summed E-state index contributed by atoms with van der Waals surface area (Å²) >= 11 is 0. The van der Waals surface area contributed by atoms with Gasteiger partial charge in [0.25, 0.3) is 11.8 Å². The zero-order chi connectivity index (χ0) is 33.2. The van der Waals surface area contributed by atoms with Gasteiger partial charge in [-0.15, -0.1) is 5.17 Å². The molecule has 0 aromatic heterocycles. The molecule has 0 bridgehead atoms. The van der Waals surface area contributed by atoms with Crippen molar-refractivity contribution in [3.63, 3.8) is 0 Å². The van der Waals surface area contributed by atoms with E-state index in [4.69, 9.17) is 4.74 Å². The second kappa shape index (κ2) is 16.3. The molecule has 0 saturated carbocycles. The summed E-state index contributed by atoms with van der Waals surface area (Å²) in [5.74, 6) is -1.60. The third-order valence-electron chi connectivity index (χ3n) is 7.77. The molecule has 3 aromatic carbocycles. The van der Waals surface area contributed by atoms with Crippen LogP contribution in [0.15, 0.2) is 77.7 Å². The number of ether oxygens (including phenoxy) is 1. The van der Waals surface area contributed by atoms with Crippen molar-refractivity contribution in [2.45, 2.75) is 58.4 Å². The molecular weight excluding hydrogens is 592 g/mol. The van der Waals surface area contributed by atoms with E-state index in [1.54, 1.807) is 23.5 Å².